The predicted molar refractivity (Wildman–Crippen MR) is 93.1 cm³/mol. The summed E-state index contributed by atoms with van der Waals surface area (Å²) in [5, 5.41) is 0. The van der Waals surface area contributed by atoms with Gasteiger partial charge in [-0.3, -0.25) is 14.4 Å². The molecule has 0 saturated carbocycles. The lowest BCUT2D eigenvalue weighted by Crippen LogP contribution is -2.49. The molecule has 3 aliphatic rings. The zero-order valence-corrected chi connectivity index (χ0v) is 15.7. The number of allylic oxidation sites excluding steroid dienone is 1. The number of hydrogen-bond donors (Lipinski definition) is 0. The Labute approximate surface area is 153 Å². The molecule has 2 heterocycles. The van der Waals surface area contributed by atoms with Crippen molar-refractivity contribution in [2.24, 2.45) is 11.8 Å². The van der Waals surface area contributed by atoms with Gasteiger partial charge in [-0.1, -0.05) is 17.7 Å². The molecule has 0 aromatic heterocycles. The molecule has 142 valence electrons. The number of fused-ring (bicyclic) bond motifs is 5. The maximum atomic E-state index is 12.4. The van der Waals surface area contributed by atoms with E-state index in [4.69, 9.17) is 14.2 Å². The molecule has 6 atom stereocenters. The van der Waals surface area contributed by atoms with Crippen LogP contribution in [0.25, 0.3) is 0 Å². The van der Waals surface area contributed by atoms with Crippen LogP contribution in [0.4, 0.5) is 0 Å². The summed E-state index contributed by atoms with van der Waals surface area (Å²) in [5.74, 6) is -1.50. The van der Waals surface area contributed by atoms with E-state index in [9.17, 15) is 14.4 Å². The van der Waals surface area contributed by atoms with Gasteiger partial charge in [0.1, 0.15) is 11.7 Å². The van der Waals surface area contributed by atoms with Crippen LogP contribution in [0, 0.1) is 11.8 Å². The minimum Gasteiger partial charge on any atom is -0.457 e. The van der Waals surface area contributed by atoms with Crippen molar-refractivity contribution < 1.29 is 28.6 Å². The van der Waals surface area contributed by atoms with Crippen molar-refractivity contribution >= 4 is 17.7 Å². The van der Waals surface area contributed by atoms with Gasteiger partial charge in [-0.2, -0.15) is 0 Å². The fourth-order valence-electron chi connectivity index (χ4n) is 4.57. The molecule has 2 bridgehead atoms. The van der Waals surface area contributed by atoms with Crippen molar-refractivity contribution in [2.75, 3.05) is 0 Å². The first-order chi connectivity index (χ1) is 12.2. The predicted octanol–water partition coefficient (Wildman–Crippen LogP) is 2.51. The Hall–Kier alpha value is -1.95. The van der Waals surface area contributed by atoms with Gasteiger partial charge in [0.05, 0.1) is 6.10 Å². The fourth-order valence-corrected chi connectivity index (χ4v) is 4.57. The summed E-state index contributed by atoms with van der Waals surface area (Å²) < 4.78 is 17.4. The average Bonchev–Trinajstić information content (AvgIpc) is 2.89. The van der Waals surface area contributed by atoms with Crippen molar-refractivity contribution in [1.29, 1.82) is 0 Å². The van der Waals surface area contributed by atoms with E-state index in [2.05, 4.69) is 6.08 Å². The summed E-state index contributed by atoms with van der Waals surface area (Å²) in [5.41, 5.74) is 0.348. The molecular formula is C20H26O6. The molecule has 1 fully saturated rings. The third-order valence-electron chi connectivity index (χ3n) is 5.59. The molecule has 26 heavy (non-hydrogen) atoms. The topological polar surface area (TPSA) is 78.9 Å². The second kappa shape index (κ2) is 6.99. The minimum atomic E-state index is -0.855. The number of ketones is 1. The third-order valence-corrected chi connectivity index (χ3v) is 5.59. The quantitative estimate of drug-likeness (QED) is 0.555. The zero-order chi connectivity index (χ0) is 19.1. The highest BCUT2D eigenvalue weighted by atomic mass is 16.6. The average molecular weight is 362 g/mol. The lowest BCUT2D eigenvalue weighted by molar-refractivity contribution is -0.175. The van der Waals surface area contributed by atoms with E-state index in [1.54, 1.807) is 0 Å². The second-order valence-electron chi connectivity index (χ2n) is 7.74. The van der Waals surface area contributed by atoms with Crippen LogP contribution in [-0.2, 0) is 28.6 Å². The van der Waals surface area contributed by atoms with Crippen molar-refractivity contribution in [3.63, 3.8) is 0 Å². The SMILES string of the molecule is CC(=O)O[C@@H]1C(=O)C=C[C@@H]2[C@H]1[C@H]1C/C(C)=C\CC[C@@](C)(OC(C)=O)[C@@H]2O1. The molecule has 1 saturated heterocycles. The van der Waals surface area contributed by atoms with E-state index in [1.807, 2.05) is 19.9 Å². The van der Waals surface area contributed by atoms with Gasteiger partial charge in [-0.05, 0) is 39.2 Å². The molecule has 0 unspecified atom stereocenters. The van der Waals surface area contributed by atoms with Gasteiger partial charge in [0, 0.05) is 25.7 Å². The number of rotatable bonds is 2. The molecule has 3 rings (SSSR count). The third kappa shape index (κ3) is 3.47. The van der Waals surface area contributed by atoms with Crippen LogP contribution in [0.2, 0.25) is 0 Å². The summed E-state index contributed by atoms with van der Waals surface area (Å²) >= 11 is 0. The van der Waals surface area contributed by atoms with Crippen LogP contribution in [0.1, 0.15) is 47.0 Å². The zero-order valence-electron chi connectivity index (χ0n) is 15.7. The summed E-state index contributed by atoms with van der Waals surface area (Å²) in [6, 6.07) is 0. The normalized spacial score (nSPS) is 41.2. The van der Waals surface area contributed by atoms with Gasteiger partial charge in [-0.15, -0.1) is 0 Å². The van der Waals surface area contributed by atoms with E-state index < -0.39 is 17.7 Å². The number of carbonyl (C=O) groups is 3. The molecular weight excluding hydrogens is 336 g/mol. The smallest absolute Gasteiger partial charge is 0.303 e. The highest BCUT2D eigenvalue weighted by molar-refractivity contribution is 5.96. The van der Waals surface area contributed by atoms with E-state index in [1.165, 1.54) is 19.9 Å². The van der Waals surface area contributed by atoms with E-state index in [0.29, 0.717) is 12.8 Å². The maximum absolute atomic E-state index is 12.4. The van der Waals surface area contributed by atoms with Crippen LogP contribution in [-0.4, -0.2) is 41.6 Å². The Bertz CT molecular complexity index is 678. The van der Waals surface area contributed by atoms with Crippen molar-refractivity contribution in [2.45, 2.75) is 70.9 Å². The number of esters is 2. The van der Waals surface area contributed by atoms with Crippen molar-refractivity contribution in [1.82, 2.24) is 0 Å². The molecule has 0 amide bonds. The van der Waals surface area contributed by atoms with Crippen molar-refractivity contribution in [3.05, 3.63) is 23.8 Å². The van der Waals surface area contributed by atoms with E-state index in [-0.39, 0.29) is 35.8 Å². The van der Waals surface area contributed by atoms with Crippen LogP contribution >= 0.6 is 0 Å². The molecule has 0 radical (unpaired) electrons. The first-order valence-corrected chi connectivity index (χ1v) is 9.11. The largest absolute Gasteiger partial charge is 0.457 e. The molecule has 0 aromatic carbocycles. The van der Waals surface area contributed by atoms with Gasteiger partial charge in [0.2, 0.25) is 0 Å². The Morgan fingerprint density at radius 3 is 2.65 bits per heavy atom. The lowest BCUT2D eigenvalue weighted by Gasteiger charge is -2.38. The summed E-state index contributed by atoms with van der Waals surface area (Å²) in [7, 11) is 0. The highest BCUT2D eigenvalue weighted by Crippen LogP contribution is 2.48. The Morgan fingerprint density at radius 1 is 1.27 bits per heavy atom. The number of ether oxygens (including phenoxy) is 3. The van der Waals surface area contributed by atoms with E-state index in [0.717, 1.165) is 12.0 Å². The van der Waals surface area contributed by atoms with Crippen LogP contribution < -0.4 is 0 Å². The maximum Gasteiger partial charge on any atom is 0.303 e. The lowest BCUT2D eigenvalue weighted by atomic mass is 9.72. The standard InChI is InChI=1S/C20H26O6/c1-11-6-5-9-20(4,26-13(3)22)19-14-7-8-15(23)18(24-12(2)21)17(14)16(10-11)25-19/h6-8,14,16-19H,5,9-10H2,1-4H3/b11-6-/t14-,16-,17+,18-,19-,20-/m1/s1. The first-order valence-electron chi connectivity index (χ1n) is 9.11. The Morgan fingerprint density at radius 2 is 2.00 bits per heavy atom. The Kier molecular flexibility index (Phi) is 5.06. The summed E-state index contributed by atoms with van der Waals surface area (Å²) in [6.07, 6.45) is 5.99. The fraction of sp³-hybridized carbons (Fsp3) is 0.650. The highest BCUT2D eigenvalue weighted by Gasteiger charge is 2.57. The van der Waals surface area contributed by atoms with Gasteiger partial charge >= 0.3 is 11.9 Å². The van der Waals surface area contributed by atoms with Crippen LogP contribution in [0.5, 0.6) is 0 Å². The van der Waals surface area contributed by atoms with Gasteiger partial charge in [-0.25, -0.2) is 0 Å². The number of hydrogen-bond acceptors (Lipinski definition) is 6. The van der Waals surface area contributed by atoms with Crippen LogP contribution in [0.3, 0.4) is 0 Å². The van der Waals surface area contributed by atoms with Gasteiger partial charge < -0.3 is 14.2 Å². The molecule has 6 heteroatoms. The number of carbonyl (C=O) groups excluding carboxylic acids is 3. The van der Waals surface area contributed by atoms with Crippen molar-refractivity contribution in [3.8, 4) is 0 Å². The first kappa shape index (κ1) is 18.8. The van der Waals surface area contributed by atoms with Gasteiger partial charge in [0.15, 0.2) is 11.9 Å². The molecule has 0 spiro atoms. The minimum absolute atomic E-state index is 0.155. The summed E-state index contributed by atoms with van der Waals surface area (Å²) in [6.45, 7) is 6.62. The van der Waals surface area contributed by atoms with E-state index >= 15 is 0 Å². The molecule has 0 N–H and O–H groups in total. The second-order valence-corrected chi connectivity index (χ2v) is 7.74. The molecule has 1 aliphatic carbocycles. The Balaban J connectivity index is 2.03. The monoisotopic (exact) mass is 362 g/mol. The molecule has 6 nitrogen and oxygen atoms in total. The summed E-state index contributed by atoms with van der Waals surface area (Å²) in [4.78, 5) is 35.7. The molecule has 2 aliphatic heterocycles. The molecule has 0 aromatic rings. The van der Waals surface area contributed by atoms with Crippen LogP contribution in [0.15, 0.2) is 23.8 Å². The van der Waals surface area contributed by atoms with Gasteiger partial charge in [0.25, 0.3) is 0 Å².